The van der Waals surface area contributed by atoms with Gasteiger partial charge in [-0.25, -0.2) is 0 Å². The Kier molecular flexibility index (Phi) is 4.83. The topological polar surface area (TPSA) is 87.7 Å². The van der Waals surface area contributed by atoms with Crippen molar-refractivity contribution in [3.05, 3.63) is 47.7 Å². The number of phenolic OH excluding ortho intramolecular Hbond substituents is 1. The molecule has 2 aliphatic heterocycles. The highest BCUT2D eigenvalue weighted by atomic mass is 16.5. The minimum atomic E-state index is 0.0934. The predicted octanol–water partition coefficient (Wildman–Crippen LogP) is 2.95. The molecule has 3 aromatic rings. The van der Waals surface area contributed by atoms with Gasteiger partial charge in [-0.2, -0.15) is 9.97 Å². The fourth-order valence-corrected chi connectivity index (χ4v) is 4.60. The van der Waals surface area contributed by atoms with Gasteiger partial charge in [0.25, 0.3) is 0 Å². The van der Waals surface area contributed by atoms with E-state index in [0.29, 0.717) is 18.4 Å². The number of nitrogens with two attached hydrogens (primary N) is 1. The molecule has 1 aromatic heterocycles. The van der Waals surface area contributed by atoms with Gasteiger partial charge >= 0.3 is 6.01 Å². The summed E-state index contributed by atoms with van der Waals surface area (Å²) in [4.78, 5) is 13.7. The third kappa shape index (κ3) is 3.61. The van der Waals surface area contributed by atoms with E-state index < -0.39 is 0 Å². The lowest BCUT2D eigenvalue weighted by molar-refractivity contribution is 0.0953. The maximum absolute atomic E-state index is 10.2. The van der Waals surface area contributed by atoms with Gasteiger partial charge in [-0.1, -0.05) is 24.3 Å². The zero-order valence-electron chi connectivity index (χ0n) is 17.2. The Morgan fingerprint density at radius 3 is 2.90 bits per heavy atom. The fourth-order valence-electron chi connectivity index (χ4n) is 4.60. The van der Waals surface area contributed by atoms with Crippen molar-refractivity contribution in [1.82, 2.24) is 14.9 Å². The summed E-state index contributed by atoms with van der Waals surface area (Å²) in [7, 11) is 2.11. The molecule has 7 heteroatoms. The van der Waals surface area contributed by atoms with Gasteiger partial charge in [0, 0.05) is 35.8 Å². The number of phenols is 1. The molecular formula is C23H27N5O2. The van der Waals surface area contributed by atoms with Crippen molar-refractivity contribution in [1.29, 1.82) is 0 Å². The van der Waals surface area contributed by atoms with Crippen LogP contribution in [0.1, 0.15) is 24.1 Å². The van der Waals surface area contributed by atoms with Crippen molar-refractivity contribution in [3.63, 3.8) is 0 Å². The lowest BCUT2D eigenvalue weighted by atomic mass is 10.0. The summed E-state index contributed by atoms with van der Waals surface area (Å²) in [5, 5.41) is 12.4. The van der Waals surface area contributed by atoms with Crippen LogP contribution in [0.4, 0.5) is 11.5 Å². The van der Waals surface area contributed by atoms with Gasteiger partial charge in [0.1, 0.15) is 17.7 Å². The Bertz CT molecular complexity index is 1090. The summed E-state index contributed by atoms with van der Waals surface area (Å²) in [6.45, 7) is 3.37. The Hall–Kier alpha value is -3.06. The first-order chi connectivity index (χ1) is 14.6. The number of anilines is 2. The number of piperidine rings is 1. The molecule has 30 heavy (non-hydrogen) atoms. The molecule has 0 amide bonds. The molecule has 2 aliphatic rings. The van der Waals surface area contributed by atoms with E-state index in [1.54, 1.807) is 6.07 Å². The zero-order chi connectivity index (χ0) is 20.7. The van der Waals surface area contributed by atoms with E-state index in [0.717, 1.165) is 66.6 Å². The molecule has 1 atom stereocenters. The molecule has 156 valence electrons. The molecule has 3 heterocycles. The first-order valence-corrected chi connectivity index (χ1v) is 10.5. The minimum absolute atomic E-state index is 0.0934. The molecule has 1 fully saturated rings. The van der Waals surface area contributed by atoms with Gasteiger partial charge < -0.3 is 25.4 Å². The van der Waals surface area contributed by atoms with E-state index in [-0.39, 0.29) is 11.9 Å². The van der Waals surface area contributed by atoms with Gasteiger partial charge in [0.05, 0.1) is 12.2 Å². The van der Waals surface area contributed by atoms with E-state index in [4.69, 9.17) is 15.5 Å². The third-order valence-corrected chi connectivity index (χ3v) is 6.10. The number of aromatic hydroxyl groups is 1. The van der Waals surface area contributed by atoms with Gasteiger partial charge in [0.2, 0.25) is 0 Å². The SMILES string of the molecule is CN1CCC[C@@H](Oc2nc(N)c3c(n2)CN(c2cc(O)cc4ccccc24)CC3)C1. The minimum Gasteiger partial charge on any atom is -0.508 e. The van der Waals surface area contributed by atoms with Crippen molar-refractivity contribution in [3.8, 4) is 11.8 Å². The van der Waals surface area contributed by atoms with Crippen LogP contribution >= 0.6 is 0 Å². The van der Waals surface area contributed by atoms with Crippen LogP contribution in [-0.4, -0.2) is 52.8 Å². The van der Waals surface area contributed by atoms with Crippen LogP contribution < -0.4 is 15.4 Å². The number of likely N-dealkylation sites (N-methyl/N-ethyl adjacent to an activating group) is 1. The van der Waals surface area contributed by atoms with Gasteiger partial charge in [-0.3, -0.25) is 0 Å². The Morgan fingerprint density at radius 1 is 1.17 bits per heavy atom. The van der Waals surface area contributed by atoms with Crippen LogP contribution in [0.5, 0.6) is 11.8 Å². The molecule has 2 aromatic carbocycles. The van der Waals surface area contributed by atoms with E-state index in [1.165, 1.54) is 0 Å². The number of aromatic nitrogens is 2. The van der Waals surface area contributed by atoms with Crippen LogP contribution in [0.2, 0.25) is 0 Å². The second-order valence-electron chi connectivity index (χ2n) is 8.32. The molecule has 5 rings (SSSR count). The lowest BCUT2D eigenvalue weighted by Crippen LogP contribution is -2.39. The Morgan fingerprint density at radius 2 is 2.03 bits per heavy atom. The number of benzene rings is 2. The standard InChI is InChI=1S/C23H27N5O2/c1-27-9-4-6-17(13-27)30-23-25-20-14-28(10-8-19(20)22(24)26-23)21-12-16(29)11-15-5-2-3-7-18(15)21/h2-3,5,7,11-12,17,29H,4,6,8-10,13-14H2,1H3,(H2,24,25,26)/t17-/m1/s1. The van der Waals surface area contributed by atoms with Gasteiger partial charge in [0.15, 0.2) is 0 Å². The summed E-state index contributed by atoms with van der Waals surface area (Å²) in [5.41, 5.74) is 9.18. The second-order valence-corrected chi connectivity index (χ2v) is 8.32. The molecule has 0 saturated carbocycles. The highest BCUT2D eigenvalue weighted by Gasteiger charge is 2.25. The van der Waals surface area contributed by atoms with Gasteiger partial charge in [-0.05, 0) is 44.3 Å². The zero-order valence-corrected chi connectivity index (χ0v) is 17.2. The normalized spacial score (nSPS) is 19.6. The molecule has 0 aliphatic carbocycles. The summed E-state index contributed by atoms with van der Waals surface area (Å²) >= 11 is 0. The summed E-state index contributed by atoms with van der Waals surface area (Å²) in [6.07, 6.45) is 2.97. The van der Waals surface area contributed by atoms with E-state index in [2.05, 4.69) is 27.9 Å². The van der Waals surface area contributed by atoms with Crippen LogP contribution in [0, 0.1) is 0 Å². The Balaban J connectivity index is 1.44. The number of nitrogen functional groups attached to an aromatic ring is 1. The first-order valence-electron chi connectivity index (χ1n) is 10.5. The number of nitrogens with zero attached hydrogens (tertiary/aromatic N) is 4. The lowest BCUT2D eigenvalue weighted by Gasteiger charge is -2.32. The largest absolute Gasteiger partial charge is 0.508 e. The number of rotatable bonds is 3. The maximum Gasteiger partial charge on any atom is 0.318 e. The number of fused-ring (bicyclic) bond motifs is 2. The first kappa shape index (κ1) is 18.9. The van der Waals surface area contributed by atoms with E-state index in [1.807, 2.05) is 24.3 Å². The molecule has 3 N–H and O–H groups in total. The molecule has 0 unspecified atom stereocenters. The fraction of sp³-hybridized carbons (Fsp3) is 0.391. The molecule has 7 nitrogen and oxygen atoms in total. The average molecular weight is 406 g/mol. The number of hydrogen-bond acceptors (Lipinski definition) is 7. The van der Waals surface area contributed by atoms with Crippen LogP contribution in [0.15, 0.2) is 36.4 Å². The third-order valence-electron chi connectivity index (χ3n) is 6.10. The van der Waals surface area contributed by atoms with Crippen molar-refractivity contribution in [2.24, 2.45) is 0 Å². The summed E-state index contributed by atoms with van der Waals surface area (Å²) < 4.78 is 6.10. The number of ether oxygens (including phenoxy) is 1. The molecular weight excluding hydrogens is 378 g/mol. The second kappa shape index (κ2) is 7.65. The van der Waals surface area contributed by atoms with Crippen LogP contribution in [0.25, 0.3) is 10.8 Å². The maximum atomic E-state index is 10.2. The monoisotopic (exact) mass is 405 g/mol. The van der Waals surface area contributed by atoms with Gasteiger partial charge in [-0.15, -0.1) is 0 Å². The number of likely N-dealkylation sites (tertiary alicyclic amines) is 1. The van der Waals surface area contributed by atoms with E-state index in [9.17, 15) is 5.11 Å². The van der Waals surface area contributed by atoms with Crippen molar-refractivity contribution < 1.29 is 9.84 Å². The number of hydrogen-bond donors (Lipinski definition) is 2. The predicted molar refractivity (Wildman–Crippen MR) is 118 cm³/mol. The summed E-state index contributed by atoms with van der Waals surface area (Å²) in [6, 6.07) is 12.1. The smallest absolute Gasteiger partial charge is 0.318 e. The molecule has 0 radical (unpaired) electrons. The van der Waals surface area contributed by atoms with Crippen molar-refractivity contribution in [2.75, 3.05) is 37.3 Å². The molecule has 1 saturated heterocycles. The molecule has 0 spiro atoms. The van der Waals surface area contributed by atoms with Crippen LogP contribution in [0.3, 0.4) is 0 Å². The quantitative estimate of drug-likeness (QED) is 0.693. The highest BCUT2D eigenvalue weighted by molar-refractivity contribution is 5.95. The van der Waals surface area contributed by atoms with Crippen molar-refractivity contribution >= 4 is 22.3 Å². The van der Waals surface area contributed by atoms with E-state index >= 15 is 0 Å². The van der Waals surface area contributed by atoms with Crippen molar-refractivity contribution in [2.45, 2.75) is 31.9 Å². The summed E-state index contributed by atoms with van der Waals surface area (Å²) in [5.74, 6) is 0.779. The average Bonchev–Trinajstić information content (AvgIpc) is 2.73. The molecule has 0 bridgehead atoms. The Labute approximate surface area is 176 Å². The van der Waals surface area contributed by atoms with Crippen LogP contribution in [-0.2, 0) is 13.0 Å². The highest BCUT2D eigenvalue weighted by Crippen LogP contribution is 2.35.